The van der Waals surface area contributed by atoms with E-state index in [1.165, 1.54) is 0 Å². The zero-order chi connectivity index (χ0) is 10.7. The molecule has 0 saturated heterocycles. The maximum atomic E-state index is 9.30. The van der Waals surface area contributed by atoms with Gasteiger partial charge in [0.1, 0.15) is 12.3 Å². The van der Waals surface area contributed by atoms with Gasteiger partial charge < -0.3 is 5.11 Å². The van der Waals surface area contributed by atoms with Crippen LogP contribution in [-0.2, 0) is 6.54 Å². The third-order valence-electron chi connectivity index (χ3n) is 2.05. The Kier molecular flexibility index (Phi) is 2.38. The van der Waals surface area contributed by atoms with Crippen molar-refractivity contribution < 1.29 is 5.11 Å². The summed E-state index contributed by atoms with van der Waals surface area (Å²) in [6.07, 6.45) is 3.45. The van der Waals surface area contributed by atoms with E-state index >= 15 is 0 Å². The predicted octanol–water partition coefficient (Wildman–Crippen LogP) is 1.78. The summed E-state index contributed by atoms with van der Waals surface area (Å²) in [4.78, 5) is 0. The first-order valence-electron chi connectivity index (χ1n) is 4.48. The van der Waals surface area contributed by atoms with Gasteiger partial charge in [0.05, 0.1) is 12.3 Å². The highest BCUT2D eigenvalue weighted by Crippen LogP contribution is 2.22. The largest absolute Gasteiger partial charge is 0.508 e. The molecule has 0 aliphatic carbocycles. The minimum atomic E-state index is 0.223. The third kappa shape index (κ3) is 1.97. The van der Waals surface area contributed by atoms with E-state index in [2.05, 4.69) is 5.10 Å². The fourth-order valence-corrected chi connectivity index (χ4v) is 1.36. The average Bonchev–Trinajstić information content (AvgIpc) is 2.67. The van der Waals surface area contributed by atoms with Crippen molar-refractivity contribution in [1.29, 1.82) is 5.26 Å². The van der Waals surface area contributed by atoms with Crippen LogP contribution in [0.1, 0.15) is 0 Å². The summed E-state index contributed by atoms with van der Waals surface area (Å²) in [5.74, 6) is 0.223. The molecule has 4 heteroatoms. The van der Waals surface area contributed by atoms with Crippen molar-refractivity contribution in [2.24, 2.45) is 0 Å². The Hall–Kier alpha value is -2.28. The molecule has 0 aliphatic heterocycles. The molecule has 0 spiro atoms. The van der Waals surface area contributed by atoms with Gasteiger partial charge in [-0.25, -0.2) is 0 Å². The normalized spacial score (nSPS) is 9.80. The lowest BCUT2D eigenvalue weighted by Gasteiger charge is -1.97. The first-order valence-corrected chi connectivity index (χ1v) is 4.48. The Morgan fingerprint density at radius 1 is 1.40 bits per heavy atom. The van der Waals surface area contributed by atoms with Crippen LogP contribution in [0.3, 0.4) is 0 Å². The first kappa shape index (κ1) is 9.28. The minimum absolute atomic E-state index is 0.223. The van der Waals surface area contributed by atoms with Gasteiger partial charge in [-0.15, -0.1) is 0 Å². The van der Waals surface area contributed by atoms with Crippen molar-refractivity contribution in [3.8, 4) is 22.9 Å². The second kappa shape index (κ2) is 3.84. The van der Waals surface area contributed by atoms with Crippen molar-refractivity contribution >= 4 is 0 Å². The van der Waals surface area contributed by atoms with Crippen molar-refractivity contribution in [2.45, 2.75) is 6.54 Å². The quantitative estimate of drug-likeness (QED) is 0.801. The Morgan fingerprint density at radius 2 is 2.27 bits per heavy atom. The molecule has 4 nitrogen and oxygen atoms in total. The van der Waals surface area contributed by atoms with Crippen LogP contribution >= 0.6 is 0 Å². The molecule has 74 valence electrons. The number of nitrogens with zero attached hydrogens (tertiary/aromatic N) is 3. The summed E-state index contributed by atoms with van der Waals surface area (Å²) in [5, 5.41) is 21.8. The van der Waals surface area contributed by atoms with Gasteiger partial charge in [-0.05, 0) is 17.7 Å². The number of phenols is 1. The molecule has 0 radical (unpaired) electrons. The van der Waals surface area contributed by atoms with E-state index in [1.54, 1.807) is 35.3 Å². The molecule has 0 fully saturated rings. The molecule has 1 heterocycles. The Labute approximate surface area is 87.0 Å². The Morgan fingerprint density at radius 3 is 3.00 bits per heavy atom. The van der Waals surface area contributed by atoms with Gasteiger partial charge in [0, 0.05) is 11.8 Å². The molecule has 1 aromatic carbocycles. The second-order valence-corrected chi connectivity index (χ2v) is 3.14. The standard InChI is InChI=1S/C11H9N3O/c12-4-5-14-8-10(7-13-14)9-2-1-3-11(15)6-9/h1-3,6-8,15H,5H2. The van der Waals surface area contributed by atoms with E-state index in [0.717, 1.165) is 11.1 Å². The van der Waals surface area contributed by atoms with E-state index in [-0.39, 0.29) is 12.3 Å². The van der Waals surface area contributed by atoms with E-state index in [0.29, 0.717) is 0 Å². The number of hydrogen-bond donors (Lipinski definition) is 1. The van der Waals surface area contributed by atoms with Crippen LogP contribution < -0.4 is 0 Å². The lowest BCUT2D eigenvalue weighted by Crippen LogP contribution is -1.93. The van der Waals surface area contributed by atoms with Crippen molar-refractivity contribution in [3.05, 3.63) is 36.7 Å². The van der Waals surface area contributed by atoms with Gasteiger partial charge in [-0.3, -0.25) is 4.68 Å². The van der Waals surface area contributed by atoms with Crippen LogP contribution in [-0.4, -0.2) is 14.9 Å². The molecule has 15 heavy (non-hydrogen) atoms. The van der Waals surface area contributed by atoms with Gasteiger partial charge in [0.2, 0.25) is 0 Å². The average molecular weight is 199 g/mol. The van der Waals surface area contributed by atoms with Crippen LogP contribution in [0.25, 0.3) is 11.1 Å². The van der Waals surface area contributed by atoms with Crippen LogP contribution in [0.4, 0.5) is 0 Å². The van der Waals surface area contributed by atoms with Crippen molar-refractivity contribution in [3.63, 3.8) is 0 Å². The molecule has 0 atom stereocenters. The molecule has 2 rings (SSSR count). The topological polar surface area (TPSA) is 61.8 Å². The van der Waals surface area contributed by atoms with Crippen LogP contribution in [0.2, 0.25) is 0 Å². The third-order valence-corrected chi connectivity index (χ3v) is 2.05. The maximum Gasteiger partial charge on any atom is 0.128 e. The number of phenolic OH excluding ortho intramolecular Hbond substituents is 1. The molecule has 0 aliphatic rings. The Balaban J connectivity index is 2.34. The fraction of sp³-hybridized carbons (Fsp3) is 0.0909. The summed E-state index contributed by atoms with van der Waals surface area (Å²) in [5.41, 5.74) is 1.78. The molecule has 0 amide bonds. The summed E-state index contributed by atoms with van der Waals surface area (Å²) in [7, 11) is 0. The summed E-state index contributed by atoms with van der Waals surface area (Å²) >= 11 is 0. The number of hydrogen-bond acceptors (Lipinski definition) is 3. The van der Waals surface area contributed by atoms with Crippen molar-refractivity contribution in [1.82, 2.24) is 9.78 Å². The number of aromatic hydroxyl groups is 1. The lowest BCUT2D eigenvalue weighted by atomic mass is 10.1. The monoisotopic (exact) mass is 199 g/mol. The molecular formula is C11H9N3O. The van der Waals surface area contributed by atoms with Gasteiger partial charge in [0.25, 0.3) is 0 Å². The summed E-state index contributed by atoms with van der Waals surface area (Å²) < 4.78 is 1.55. The number of nitriles is 1. The van der Waals surface area contributed by atoms with E-state index in [9.17, 15) is 5.11 Å². The maximum absolute atomic E-state index is 9.30. The molecule has 0 unspecified atom stereocenters. The van der Waals surface area contributed by atoms with Crippen LogP contribution in [0, 0.1) is 11.3 Å². The second-order valence-electron chi connectivity index (χ2n) is 3.14. The van der Waals surface area contributed by atoms with Gasteiger partial charge in [-0.1, -0.05) is 12.1 Å². The zero-order valence-electron chi connectivity index (χ0n) is 7.96. The highest BCUT2D eigenvalue weighted by atomic mass is 16.3. The smallest absolute Gasteiger partial charge is 0.128 e. The molecule has 2 aromatic rings. The van der Waals surface area contributed by atoms with Crippen LogP contribution in [0.15, 0.2) is 36.7 Å². The molecule has 0 saturated carbocycles. The number of aromatic nitrogens is 2. The van der Waals surface area contributed by atoms with Gasteiger partial charge in [0.15, 0.2) is 0 Å². The van der Waals surface area contributed by atoms with E-state index < -0.39 is 0 Å². The first-order chi connectivity index (χ1) is 7.29. The molecule has 1 N–H and O–H groups in total. The summed E-state index contributed by atoms with van der Waals surface area (Å²) in [6, 6.07) is 8.94. The van der Waals surface area contributed by atoms with E-state index in [4.69, 9.17) is 5.26 Å². The Bertz CT molecular complexity index is 511. The molecule has 0 bridgehead atoms. The highest BCUT2D eigenvalue weighted by Gasteiger charge is 2.01. The van der Waals surface area contributed by atoms with E-state index in [1.807, 2.05) is 12.1 Å². The zero-order valence-corrected chi connectivity index (χ0v) is 7.96. The van der Waals surface area contributed by atoms with Crippen LogP contribution in [0.5, 0.6) is 5.75 Å². The summed E-state index contributed by atoms with van der Waals surface area (Å²) in [6.45, 7) is 0.235. The lowest BCUT2D eigenvalue weighted by molar-refractivity contribution is 0.475. The predicted molar refractivity (Wildman–Crippen MR) is 54.9 cm³/mol. The van der Waals surface area contributed by atoms with Gasteiger partial charge in [-0.2, -0.15) is 10.4 Å². The minimum Gasteiger partial charge on any atom is -0.508 e. The number of rotatable bonds is 2. The van der Waals surface area contributed by atoms with Crippen molar-refractivity contribution in [2.75, 3.05) is 0 Å². The number of benzene rings is 1. The SMILES string of the molecule is N#CCn1cc(-c2cccc(O)c2)cn1. The fourth-order valence-electron chi connectivity index (χ4n) is 1.36. The molecule has 1 aromatic heterocycles. The van der Waals surface area contributed by atoms with Gasteiger partial charge >= 0.3 is 0 Å². The highest BCUT2D eigenvalue weighted by molar-refractivity contribution is 5.63. The molecular weight excluding hydrogens is 190 g/mol.